The number of benzene rings is 2. The van der Waals surface area contributed by atoms with Crippen molar-refractivity contribution in [2.24, 2.45) is 0 Å². The third kappa shape index (κ3) is 7.49. The van der Waals surface area contributed by atoms with Gasteiger partial charge in [0, 0.05) is 25.6 Å². The van der Waals surface area contributed by atoms with Gasteiger partial charge in [-0.05, 0) is 56.0 Å². The molecule has 1 fully saturated rings. The molecule has 2 aromatic rings. The zero-order valence-electron chi connectivity index (χ0n) is 20.6. The van der Waals surface area contributed by atoms with Gasteiger partial charge in [-0.25, -0.2) is 17.2 Å². The maximum absolute atomic E-state index is 14.3. The van der Waals surface area contributed by atoms with Crippen LogP contribution in [0.5, 0.6) is 0 Å². The van der Waals surface area contributed by atoms with Crippen molar-refractivity contribution in [1.29, 1.82) is 0 Å². The Balaban J connectivity index is 1.72. The van der Waals surface area contributed by atoms with Gasteiger partial charge < -0.3 is 10.2 Å². The predicted octanol–water partition coefficient (Wildman–Crippen LogP) is 3.99. The Labute approximate surface area is 211 Å². The van der Waals surface area contributed by atoms with Crippen LogP contribution in [0.1, 0.15) is 51.0 Å². The van der Waals surface area contributed by atoms with E-state index in [2.05, 4.69) is 5.32 Å². The van der Waals surface area contributed by atoms with Crippen LogP contribution in [-0.2, 0) is 26.2 Å². The van der Waals surface area contributed by atoms with E-state index in [0.29, 0.717) is 5.56 Å². The highest BCUT2D eigenvalue weighted by Crippen LogP contribution is 2.23. The van der Waals surface area contributed by atoms with E-state index in [1.807, 2.05) is 0 Å². The van der Waals surface area contributed by atoms with Gasteiger partial charge in [-0.1, -0.05) is 37.1 Å². The largest absolute Gasteiger partial charge is 0.352 e. The van der Waals surface area contributed by atoms with Gasteiger partial charge in [0.05, 0.1) is 11.9 Å². The van der Waals surface area contributed by atoms with Crippen molar-refractivity contribution in [2.45, 2.75) is 64.1 Å². The van der Waals surface area contributed by atoms with Gasteiger partial charge in [-0.2, -0.15) is 0 Å². The number of carbonyl (C=O) groups excluding carboxylic acids is 2. The van der Waals surface area contributed by atoms with E-state index in [1.165, 1.54) is 41.3 Å². The Hall–Kier alpha value is -3.01. The Morgan fingerprint density at radius 3 is 2.31 bits per heavy atom. The van der Waals surface area contributed by atoms with Crippen LogP contribution in [0, 0.1) is 11.6 Å². The third-order valence-corrected chi connectivity index (χ3v) is 7.59. The van der Waals surface area contributed by atoms with Crippen LogP contribution in [-0.4, -0.2) is 50.0 Å². The SMILES string of the molecule is C[C@@H](C(=O)NC1CCCC1)N(Cc1ccc(F)cc1)C(=O)CCCN(c1ccccc1F)S(C)(=O)=O. The summed E-state index contributed by atoms with van der Waals surface area (Å²) in [5.74, 6) is -1.70. The molecule has 0 aromatic heterocycles. The number of hydrogen-bond donors (Lipinski definition) is 1. The first-order valence-electron chi connectivity index (χ1n) is 12.1. The number of nitrogens with zero attached hydrogens (tertiary/aromatic N) is 2. The molecule has 1 aliphatic rings. The highest BCUT2D eigenvalue weighted by Gasteiger charge is 2.29. The molecule has 1 saturated carbocycles. The fourth-order valence-electron chi connectivity index (χ4n) is 4.40. The smallest absolute Gasteiger partial charge is 0.242 e. The van der Waals surface area contributed by atoms with Crippen molar-refractivity contribution in [3.05, 3.63) is 65.7 Å². The predicted molar refractivity (Wildman–Crippen MR) is 135 cm³/mol. The quantitative estimate of drug-likeness (QED) is 0.485. The molecule has 1 N–H and O–H groups in total. The average molecular weight is 522 g/mol. The van der Waals surface area contributed by atoms with Gasteiger partial charge in [0.15, 0.2) is 0 Å². The first-order chi connectivity index (χ1) is 17.1. The summed E-state index contributed by atoms with van der Waals surface area (Å²) in [5.41, 5.74) is 0.578. The molecule has 1 atom stereocenters. The van der Waals surface area contributed by atoms with E-state index < -0.39 is 27.7 Å². The molecule has 1 aliphatic carbocycles. The van der Waals surface area contributed by atoms with Crippen LogP contribution in [0.3, 0.4) is 0 Å². The fraction of sp³-hybridized carbons (Fsp3) is 0.462. The molecular formula is C26H33F2N3O4S. The first-order valence-corrected chi connectivity index (χ1v) is 14.0. The van der Waals surface area contributed by atoms with Crippen LogP contribution in [0.15, 0.2) is 48.5 Å². The Morgan fingerprint density at radius 1 is 1.06 bits per heavy atom. The number of halogens is 2. The summed E-state index contributed by atoms with van der Waals surface area (Å²) >= 11 is 0. The van der Waals surface area contributed by atoms with E-state index >= 15 is 0 Å². The summed E-state index contributed by atoms with van der Waals surface area (Å²) in [6, 6.07) is 10.6. The Morgan fingerprint density at radius 2 is 1.69 bits per heavy atom. The summed E-state index contributed by atoms with van der Waals surface area (Å²) in [4.78, 5) is 27.6. The minimum Gasteiger partial charge on any atom is -0.352 e. The van der Waals surface area contributed by atoms with Crippen molar-refractivity contribution in [3.63, 3.8) is 0 Å². The van der Waals surface area contributed by atoms with Gasteiger partial charge in [0.25, 0.3) is 0 Å². The molecule has 36 heavy (non-hydrogen) atoms. The molecule has 0 saturated heterocycles. The lowest BCUT2D eigenvalue weighted by atomic mass is 10.1. The second-order valence-electron chi connectivity index (χ2n) is 9.20. The van der Waals surface area contributed by atoms with Crippen molar-refractivity contribution >= 4 is 27.5 Å². The molecule has 0 bridgehead atoms. The topological polar surface area (TPSA) is 86.8 Å². The Bertz CT molecular complexity index is 1150. The van der Waals surface area contributed by atoms with Crippen molar-refractivity contribution in [3.8, 4) is 0 Å². The fourth-order valence-corrected chi connectivity index (χ4v) is 5.36. The first kappa shape index (κ1) is 27.6. The zero-order valence-corrected chi connectivity index (χ0v) is 21.4. The molecule has 0 aliphatic heterocycles. The number of sulfonamides is 1. The van der Waals surface area contributed by atoms with Gasteiger partial charge in [-0.15, -0.1) is 0 Å². The van der Waals surface area contributed by atoms with Gasteiger partial charge >= 0.3 is 0 Å². The molecule has 0 heterocycles. The molecule has 196 valence electrons. The Kier molecular flexibility index (Phi) is 9.42. The summed E-state index contributed by atoms with van der Waals surface area (Å²) in [7, 11) is -3.79. The van der Waals surface area contributed by atoms with Crippen LogP contribution in [0.2, 0.25) is 0 Å². The number of rotatable bonds is 11. The van der Waals surface area contributed by atoms with Crippen LogP contribution in [0.4, 0.5) is 14.5 Å². The minimum absolute atomic E-state index is 0.0529. The van der Waals surface area contributed by atoms with Crippen LogP contribution >= 0.6 is 0 Å². The second kappa shape index (κ2) is 12.3. The third-order valence-electron chi connectivity index (χ3n) is 6.41. The average Bonchev–Trinajstić information content (AvgIpc) is 3.34. The molecule has 0 radical (unpaired) electrons. The number of nitrogens with one attached hydrogen (secondary N) is 1. The highest BCUT2D eigenvalue weighted by molar-refractivity contribution is 7.92. The van der Waals surface area contributed by atoms with Crippen LogP contribution in [0.25, 0.3) is 0 Å². The normalized spacial score (nSPS) is 14.9. The summed E-state index contributed by atoms with van der Waals surface area (Å²) in [6.07, 6.45) is 4.97. The highest BCUT2D eigenvalue weighted by atomic mass is 32.2. The van der Waals surface area contributed by atoms with E-state index in [0.717, 1.165) is 36.2 Å². The van der Waals surface area contributed by atoms with Gasteiger partial charge in [0.1, 0.15) is 17.7 Å². The zero-order chi connectivity index (χ0) is 26.3. The molecule has 0 unspecified atom stereocenters. The van der Waals surface area contributed by atoms with Crippen molar-refractivity contribution in [1.82, 2.24) is 10.2 Å². The lowest BCUT2D eigenvalue weighted by Crippen LogP contribution is -2.49. The molecule has 3 rings (SSSR count). The molecule has 2 aromatic carbocycles. The lowest BCUT2D eigenvalue weighted by molar-refractivity contribution is -0.141. The summed E-state index contributed by atoms with van der Waals surface area (Å²) in [5, 5.41) is 3.01. The standard InChI is InChI=1S/C26H33F2N3O4S/c1-19(26(33)29-22-8-3-4-9-22)30(18-20-13-15-21(27)16-14-20)25(32)12-7-17-31(36(2,34)35)24-11-6-5-10-23(24)28/h5-6,10-11,13-16,19,22H,3-4,7-9,12,17-18H2,1-2H3,(H,29,33)/t19-/m0/s1. The maximum Gasteiger partial charge on any atom is 0.242 e. The number of anilines is 1. The van der Waals surface area contributed by atoms with Gasteiger partial charge in [0.2, 0.25) is 21.8 Å². The summed E-state index contributed by atoms with van der Waals surface area (Å²) < 4.78 is 53.2. The second-order valence-corrected chi connectivity index (χ2v) is 11.1. The number of amides is 2. The maximum atomic E-state index is 14.3. The summed E-state index contributed by atoms with van der Waals surface area (Å²) in [6.45, 7) is 1.65. The number of carbonyl (C=O) groups is 2. The molecule has 0 spiro atoms. The van der Waals surface area contributed by atoms with E-state index in [-0.39, 0.29) is 49.5 Å². The molecule has 2 amide bonds. The van der Waals surface area contributed by atoms with Crippen molar-refractivity contribution in [2.75, 3.05) is 17.1 Å². The number of para-hydroxylation sites is 1. The number of hydrogen-bond acceptors (Lipinski definition) is 4. The molecule has 10 heteroatoms. The van der Waals surface area contributed by atoms with E-state index in [9.17, 15) is 26.8 Å². The van der Waals surface area contributed by atoms with Crippen LogP contribution < -0.4 is 9.62 Å². The lowest BCUT2D eigenvalue weighted by Gasteiger charge is -2.30. The molecular weight excluding hydrogens is 488 g/mol. The minimum atomic E-state index is -3.79. The molecule has 7 nitrogen and oxygen atoms in total. The monoisotopic (exact) mass is 521 g/mol. The van der Waals surface area contributed by atoms with Crippen molar-refractivity contribution < 1.29 is 26.8 Å². The van der Waals surface area contributed by atoms with E-state index in [4.69, 9.17) is 0 Å². The van der Waals surface area contributed by atoms with Gasteiger partial charge in [-0.3, -0.25) is 13.9 Å². The van der Waals surface area contributed by atoms with E-state index in [1.54, 1.807) is 19.1 Å².